The van der Waals surface area contributed by atoms with Gasteiger partial charge < -0.3 is 18.6 Å². The van der Waals surface area contributed by atoms with E-state index in [1.807, 2.05) is 12.1 Å². The van der Waals surface area contributed by atoms with Crippen LogP contribution in [0.15, 0.2) is 211 Å². The largest absolute Gasteiger partial charge is 0.457 e. The van der Waals surface area contributed by atoms with Gasteiger partial charge in [0, 0.05) is 50.1 Å². The van der Waals surface area contributed by atoms with Gasteiger partial charge in [0.05, 0.1) is 27.8 Å². The fourth-order valence-electron chi connectivity index (χ4n) is 10.2. The molecule has 2 aliphatic rings. The fraction of sp³-hybridized carbons (Fsp3) is 0.0182. The molecule has 2 aromatic heterocycles. The van der Waals surface area contributed by atoms with Gasteiger partial charge in [-0.05, 0) is 101 Å². The number of anilines is 3. The predicted molar refractivity (Wildman–Crippen MR) is 240 cm³/mol. The summed E-state index contributed by atoms with van der Waals surface area (Å²) >= 11 is 0. The SMILES string of the molecule is c1ccc(-n2c3ccccc3c3cc(-c4ccc5c(c4)C4(c6ccccc6Oc6ccccc64)c4ccccc4N5c4ccc5c(c4)oc4ccccc45)ccc32)cc1. The van der Waals surface area contributed by atoms with Crippen molar-refractivity contribution in [2.75, 3.05) is 4.90 Å². The highest BCUT2D eigenvalue weighted by Crippen LogP contribution is 2.63. The zero-order valence-corrected chi connectivity index (χ0v) is 31.8. The lowest BCUT2D eigenvalue weighted by Crippen LogP contribution is -2.39. The minimum Gasteiger partial charge on any atom is -0.457 e. The molecule has 0 bridgehead atoms. The van der Waals surface area contributed by atoms with Crippen LogP contribution in [-0.4, -0.2) is 4.57 Å². The first-order chi connectivity index (χ1) is 29.3. The van der Waals surface area contributed by atoms with E-state index in [2.05, 4.69) is 204 Å². The highest BCUT2D eigenvalue weighted by molar-refractivity contribution is 6.11. The van der Waals surface area contributed by atoms with Gasteiger partial charge in [-0.3, -0.25) is 0 Å². The normalized spacial score (nSPS) is 13.7. The Morgan fingerprint density at radius 3 is 1.80 bits per heavy atom. The number of ether oxygens (including phenoxy) is 1. The average Bonchev–Trinajstić information content (AvgIpc) is 3.84. The van der Waals surface area contributed by atoms with E-state index in [0.29, 0.717) is 0 Å². The molecule has 0 aliphatic carbocycles. The van der Waals surface area contributed by atoms with Crippen LogP contribution in [-0.2, 0) is 5.41 Å². The molecule has 0 atom stereocenters. The summed E-state index contributed by atoms with van der Waals surface area (Å²) in [5, 5.41) is 4.69. The Morgan fingerprint density at radius 2 is 0.966 bits per heavy atom. The number of hydrogen-bond acceptors (Lipinski definition) is 3. The number of para-hydroxylation sites is 6. The number of furan rings is 1. The Morgan fingerprint density at radius 1 is 0.356 bits per heavy atom. The maximum absolute atomic E-state index is 6.74. The number of benzene rings is 9. The third-order valence-electron chi connectivity index (χ3n) is 12.6. The lowest BCUT2D eigenvalue weighted by atomic mass is 9.61. The molecule has 59 heavy (non-hydrogen) atoms. The van der Waals surface area contributed by atoms with Crippen molar-refractivity contribution in [1.29, 1.82) is 0 Å². The Labute approximate surface area is 340 Å². The summed E-state index contributed by atoms with van der Waals surface area (Å²) in [6.45, 7) is 0. The third-order valence-corrected chi connectivity index (χ3v) is 12.6. The molecule has 0 N–H and O–H groups in total. The van der Waals surface area contributed by atoms with E-state index >= 15 is 0 Å². The van der Waals surface area contributed by atoms with Crippen molar-refractivity contribution in [2.45, 2.75) is 5.41 Å². The number of rotatable bonds is 3. The summed E-state index contributed by atoms with van der Waals surface area (Å²) in [6, 6.07) is 74.3. The molecule has 4 heteroatoms. The molecule has 0 saturated heterocycles. The monoisotopic (exact) mass is 754 g/mol. The molecule has 1 spiro atoms. The Kier molecular flexibility index (Phi) is 6.62. The van der Waals surface area contributed by atoms with E-state index in [4.69, 9.17) is 9.15 Å². The molecule has 0 unspecified atom stereocenters. The quantitative estimate of drug-likeness (QED) is 0.180. The molecule has 276 valence electrons. The van der Waals surface area contributed by atoms with Gasteiger partial charge in [0.15, 0.2) is 0 Å². The molecule has 0 saturated carbocycles. The summed E-state index contributed by atoms with van der Waals surface area (Å²) in [6.07, 6.45) is 0. The Bertz CT molecular complexity index is 3460. The average molecular weight is 755 g/mol. The van der Waals surface area contributed by atoms with E-state index in [1.165, 1.54) is 32.9 Å². The fourth-order valence-corrected chi connectivity index (χ4v) is 10.2. The van der Waals surface area contributed by atoms with Crippen LogP contribution in [0, 0.1) is 0 Å². The van der Waals surface area contributed by atoms with E-state index in [-0.39, 0.29) is 0 Å². The second kappa shape index (κ2) is 12.1. The first-order valence-electron chi connectivity index (χ1n) is 20.2. The van der Waals surface area contributed by atoms with Gasteiger partial charge in [-0.1, -0.05) is 121 Å². The Balaban J connectivity index is 1.10. The topological polar surface area (TPSA) is 30.5 Å². The maximum atomic E-state index is 6.74. The van der Waals surface area contributed by atoms with Gasteiger partial charge in [-0.25, -0.2) is 0 Å². The standard InChI is InChI=1S/C55H34N2O2/c1-2-14-37(15-3-1)56-47-21-9-4-16-39(47)42-32-35(26-30-48(42)56)36-27-31-50-46(33-36)55(44-19-7-12-24-52(44)59-53-25-13-8-20-45(53)55)43-18-6-10-22-49(43)57(50)38-28-29-41-40-17-5-11-23-51(40)58-54(41)34-38/h1-34H. The highest BCUT2D eigenvalue weighted by atomic mass is 16.5. The van der Waals surface area contributed by atoms with Crippen LogP contribution >= 0.6 is 0 Å². The van der Waals surface area contributed by atoms with Crippen molar-refractivity contribution in [3.05, 3.63) is 229 Å². The van der Waals surface area contributed by atoms with E-state index in [9.17, 15) is 0 Å². The van der Waals surface area contributed by atoms with Gasteiger partial charge in [0.1, 0.15) is 22.7 Å². The second-order valence-corrected chi connectivity index (χ2v) is 15.6. The molecule has 9 aromatic carbocycles. The van der Waals surface area contributed by atoms with Gasteiger partial charge >= 0.3 is 0 Å². The Hall–Kier alpha value is -7.82. The number of fused-ring (bicyclic) bond motifs is 14. The number of nitrogens with zero attached hydrogens (tertiary/aromatic N) is 2. The van der Waals surface area contributed by atoms with Crippen LogP contribution in [0.1, 0.15) is 22.3 Å². The first-order valence-corrected chi connectivity index (χ1v) is 20.2. The van der Waals surface area contributed by atoms with Gasteiger partial charge in [-0.2, -0.15) is 0 Å². The minimum absolute atomic E-state index is 0.680. The lowest BCUT2D eigenvalue weighted by molar-refractivity contribution is 0.434. The van der Waals surface area contributed by atoms with Crippen molar-refractivity contribution in [3.63, 3.8) is 0 Å². The lowest BCUT2D eigenvalue weighted by Gasteiger charge is -2.48. The first kappa shape index (κ1) is 32.3. The summed E-state index contributed by atoms with van der Waals surface area (Å²) in [5.74, 6) is 1.73. The van der Waals surface area contributed by atoms with Gasteiger partial charge in [-0.15, -0.1) is 0 Å². The third kappa shape index (κ3) is 4.43. The molecule has 4 heterocycles. The van der Waals surface area contributed by atoms with Crippen molar-refractivity contribution in [2.24, 2.45) is 0 Å². The minimum atomic E-state index is -0.680. The number of aromatic nitrogens is 1. The molecule has 0 fully saturated rings. The molecule has 4 nitrogen and oxygen atoms in total. The van der Waals surface area contributed by atoms with Crippen molar-refractivity contribution < 1.29 is 9.15 Å². The van der Waals surface area contributed by atoms with E-state index in [0.717, 1.165) is 78.4 Å². The van der Waals surface area contributed by atoms with Crippen molar-refractivity contribution in [3.8, 4) is 28.3 Å². The predicted octanol–water partition coefficient (Wildman–Crippen LogP) is 14.6. The van der Waals surface area contributed by atoms with Crippen LogP contribution in [0.25, 0.3) is 60.6 Å². The summed E-state index contributed by atoms with van der Waals surface area (Å²) < 4.78 is 15.6. The zero-order chi connectivity index (χ0) is 38.7. The van der Waals surface area contributed by atoms with Crippen LogP contribution < -0.4 is 9.64 Å². The molecule has 0 amide bonds. The highest BCUT2D eigenvalue weighted by Gasteiger charge is 2.51. The summed E-state index contributed by atoms with van der Waals surface area (Å²) in [7, 11) is 0. The summed E-state index contributed by atoms with van der Waals surface area (Å²) in [4.78, 5) is 2.42. The molecule has 11 aromatic rings. The second-order valence-electron chi connectivity index (χ2n) is 15.6. The van der Waals surface area contributed by atoms with Crippen LogP contribution in [0.5, 0.6) is 11.5 Å². The molecular formula is C55H34N2O2. The van der Waals surface area contributed by atoms with E-state index in [1.54, 1.807) is 0 Å². The van der Waals surface area contributed by atoms with Gasteiger partial charge in [0.2, 0.25) is 0 Å². The molecule has 2 aliphatic heterocycles. The van der Waals surface area contributed by atoms with Gasteiger partial charge in [0.25, 0.3) is 0 Å². The molecule has 0 radical (unpaired) electrons. The molecular weight excluding hydrogens is 721 g/mol. The molecule has 13 rings (SSSR count). The van der Waals surface area contributed by atoms with Crippen molar-refractivity contribution in [1.82, 2.24) is 4.57 Å². The zero-order valence-electron chi connectivity index (χ0n) is 31.8. The van der Waals surface area contributed by atoms with Crippen molar-refractivity contribution >= 4 is 60.8 Å². The maximum Gasteiger partial charge on any atom is 0.137 e. The number of hydrogen-bond donors (Lipinski definition) is 0. The van der Waals surface area contributed by atoms with Crippen LogP contribution in [0.3, 0.4) is 0 Å². The smallest absolute Gasteiger partial charge is 0.137 e. The van der Waals surface area contributed by atoms with E-state index < -0.39 is 5.41 Å². The van der Waals surface area contributed by atoms with Crippen LogP contribution in [0.2, 0.25) is 0 Å². The summed E-state index contributed by atoms with van der Waals surface area (Å²) in [5.41, 5.74) is 14.8. The van der Waals surface area contributed by atoms with Crippen LogP contribution in [0.4, 0.5) is 17.1 Å².